The fourth-order valence-electron chi connectivity index (χ4n) is 1.32. The molecule has 0 spiro atoms. The van der Waals surface area contributed by atoms with Crippen LogP contribution in [0.4, 0.5) is 13.2 Å². The van der Waals surface area contributed by atoms with Gasteiger partial charge in [0, 0.05) is 24.1 Å². The van der Waals surface area contributed by atoms with E-state index in [1.165, 1.54) is 20.8 Å². The average Bonchev–Trinajstić information content (AvgIpc) is 2.04. The molecule has 0 radical (unpaired) electrons. The van der Waals surface area contributed by atoms with Gasteiger partial charge in [-0.25, -0.2) is 4.31 Å². The van der Waals surface area contributed by atoms with Crippen LogP contribution in [0.25, 0.3) is 0 Å². The number of nitrogens with zero attached hydrogens (tertiary/aromatic N) is 1. The van der Waals surface area contributed by atoms with Crippen molar-refractivity contribution in [1.82, 2.24) is 4.31 Å². The molecule has 0 aromatic carbocycles. The molecule has 1 rings (SSSR count). The molecule has 0 aliphatic carbocycles. The first-order valence-corrected chi connectivity index (χ1v) is 7.00. The quantitative estimate of drug-likeness (QED) is 0.454. The first-order chi connectivity index (χ1) is 6.04. The van der Waals surface area contributed by atoms with E-state index in [1.54, 1.807) is 4.31 Å². The molecule has 0 N–H and O–H groups in total. The molecule has 0 bridgehead atoms. The van der Waals surface area contributed by atoms with Crippen molar-refractivity contribution in [1.29, 1.82) is 0 Å². The van der Waals surface area contributed by atoms with Gasteiger partial charge in [-0.05, 0) is 22.7 Å². The molecule has 1 atom stereocenters. The van der Waals surface area contributed by atoms with Gasteiger partial charge < -0.3 is 0 Å². The maximum absolute atomic E-state index is 12.3. The normalized spacial score (nSPS) is 26.3. The Hall–Kier alpha value is 0.800. The Balaban J connectivity index is 2.42. The van der Waals surface area contributed by atoms with E-state index in [4.69, 9.17) is 0 Å². The van der Waals surface area contributed by atoms with Gasteiger partial charge in [0.2, 0.25) is 0 Å². The summed E-state index contributed by atoms with van der Waals surface area (Å²) in [5.74, 6) is -1.16. The number of rotatable bonds is 2. The minimum Gasteiger partial charge on any atom is -0.240 e. The Labute approximate surface area is 88.2 Å². The Morgan fingerprint density at radius 1 is 1.38 bits per heavy atom. The molecule has 78 valence electrons. The minimum atomic E-state index is -4.04. The highest BCUT2D eigenvalue weighted by molar-refractivity contribution is 9.04. The third-order valence-electron chi connectivity index (χ3n) is 1.99. The van der Waals surface area contributed by atoms with Gasteiger partial charge in [-0.3, -0.25) is 0 Å². The predicted octanol–water partition coefficient (Wildman–Crippen LogP) is 3.40. The summed E-state index contributed by atoms with van der Waals surface area (Å²) in [6.45, 7) is 0.826. The van der Waals surface area contributed by atoms with Gasteiger partial charge >= 0.3 is 6.18 Å². The standard InChI is InChI=1S/C6H10F3NS3/c7-6(8,9)5-2-1-3-10(4-5)12-13-11/h5,11H,1-4H2/t5-/m1/s1. The Kier molecular flexibility index (Phi) is 4.61. The molecular formula is C6H10F3NS3. The summed E-state index contributed by atoms with van der Waals surface area (Å²) in [6, 6.07) is 0. The SMILES string of the molecule is FC(F)(F)[C@@H]1CCCN(SSS)C1. The van der Waals surface area contributed by atoms with Crippen molar-refractivity contribution in [2.75, 3.05) is 13.1 Å². The van der Waals surface area contributed by atoms with Crippen LogP contribution in [0.2, 0.25) is 0 Å². The van der Waals surface area contributed by atoms with Crippen molar-refractivity contribution in [3.8, 4) is 0 Å². The summed E-state index contributed by atoms with van der Waals surface area (Å²) in [4.78, 5) is 0. The second kappa shape index (κ2) is 5.04. The van der Waals surface area contributed by atoms with Crippen molar-refractivity contribution in [3.05, 3.63) is 0 Å². The molecule has 0 amide bonds. The van der Waals surface area contributed by atoms with Crippen LogP contribution in [0, 0.1) is 5.92 Å². The molecule has 0 aromatic rings. The lowest BCUT2D eigenvalue weighted by Crippen LogP contribution is -2.37. The molecule has 1 saturated heterocycles. The number of hydrogen-bond acceptors (Lipinski definition) is 4. The zero-order valence-electron chi connectivity index (χ0n) is 6.75. The molecule has 1 aliphatic rings. The van der Waals surface area contributed by atoms with E-state index < -0.39 is 12.1 Å². The molecule has 0 unspecified atom stereocenters. The lowest BCUT2D eigenvalue weighted by Gasteiger charge is -2.31. The van der Waals surface area contributed by atoms with Gasteiger partial charge in [-0.2, -0.15) is 13.2 Å². The molecule has 13 heavy (non-hydrogen) atoms. The molecule has 7 heteroatoms. The predicted molar refractivity (Wildman–Crippen MR) is 54.5 cm³/mol. The maximum Gasteiger partial charge on any atom is 0.393 e. The van der Waals surface area contributed by atoms with E-state index in [2.05, 4.69) is 11.7 Å². The zero-order valence-corrected chi connectivity index (χ0v) is 9.28. The largest absolute Gasteiger partial charge is 0.393 e. The van der Waals surface area contributed by atoms with Gasteiger partial charge in [0.15, 0.2) is 0 Å². The molecule has 1 fully saturated rings. The van der Waals surface area contributed by atoms with E-state index >= 15 is 0 Å². The summed E-state index contributed by atoms with van der Waals surface area (Å²) in [5, 5.41) is 0. The Bertz CT molecular complexity index is 162. The van der Waals surface area contributed by atoms with Gasteiger partial charge in [0.05, 0.1) is 5.92 Å². The van der Waals surface area contributed by atoms with E-state index in [0.717, 1.165) is 6.54 Å². The third kappa shape index (κ3) is 3.81. The summed E-state index contributed by atoms with van der Waals surface area (Å²) < 4.78 is 38.6. The third-order valence-corrected chi connectivity index (χ3v) is 4.03. The fraction of sp³-hybridized carbons (Fsp3) is 1.00. The van der Waals surface area contributed by atoms with Crippen molar-refractivity contribution in [3.63, 3.8) is 0 Å². The van der Waals surface area contributed by atoms with Crippen molar-refractivity contribution in [2.24, 2.45) is 5.92 Å². The van der Waals surface area contributed by atoms with Crippen LogP contribution in [-0.4, -0.2) is 23.6 Å². The number of alkyl halides is 3. The van der Waals surface area contributed by atoms with Gasteiger partial charge in [-0.1, -0.05) is 11.7 Å². The van der Waals surface area contributed by atoms with E-state index in [9.17, 15) is 13.2 Å². The average molecular weight is 249 g/mol. The van der Waals surface area contributed by atoms with Crippen molar-refractivity contribution in [2.45, 2.75) is 19.0 Å². The number of halogens is 3. The Morgan fingerprint density at radius 2 is 2.08 bits per heavy atom. The minimum absolute atomic E-state index is 0.0989. The molecular weight excluding hydrogens is 239 g/mol. The van der Waals surface area contributed by atoms with Crippen LogP contribution in [0.5, 0.6) is 0 Å². The van der Waals surface area contributed by atoms with E-state index in [-0.39, 0.29) is 13.0 Å². The second-order valence-corrected chi connectivity index (χ2v) is 5.97. The first kappa shape index (κ1) is 11.9. The van der Waals surface area contributed by atoms with Crippen LogP contribution >= 0.6 is 32.5 Å². The van der Waals surface area contributed by atoms with Crippen LogP contribution in [0.15, 0.2) is 0 Å². The van der Waals surface area contributed by atoms with Crippen LogP contribution in [0.1, 0.15) is 12.8 Å². The highest BCUT2D eigenvalue weighted by Crippen LogP contribution is 2.38. The molecule has 0 aromatic heterocycles. The lowest BCUT2D eigenvalue weighted by molar-refractivity contribution is -0.182. The smallest absolute Gasteiger partial charge is 0.240 e. The zero-order chi connectivity index (χ0) is 9.90. The fourth-order valence-corrected chi connectivity index (χ4v) is 3.40. The monoisotopic (exact) mass is 249 g/mol. The topological polar surface area (TPSA) is 3.24 Å². The summed E-state index contributed by atoms with van der Waals surface area (Å²) in [7, 11) is 2.48. The van der Waals surface area contributed by atoms with Crippen LogP contribution in [0.3, 0.4) is 0 Å². The van der Waals surface area contributed by atoms with Crippen molar-refractivity contribution >= 4 is 32.5 Å². The van der Waals surface area contributed by atoms with Gasteiger partial charge in [-0.15, -0.1) is 0 Å². The van der Waals surface area contributed by atoms with Crippen molar-refractivity contribution < 1.29 is 13.2 Å². The van der Waals surface area contributed by atoms with Crippen LogP contribution < -0.4 is 0 Å². The number of hydrogen-bond donors (Lipinski definition) is 1. The summed E-state index contributed by atoms with van der Waals surface area (Å²) >= 11 is 3.89. The molecule has 0 saturated carbocycles. The molecule has 1 heterocycles. The van der Waals surface area contributed by atoms with Gasteiger partial charge in [0.25, 0.3) is 0 Å². The van der Waals surface area contributed by atoms with Gasteiger partial charge in [0.1, 0.15) is 0 Å². The van der Waals surface area contributed by atoms with E-state index in [1.807, 2.05) is 0 Å². The highest BCUT2D eigenvalue weighted by atomic mass is 33.5. The molecule has 1 aliphatic heterocycles. The second-order valence-electron chi connectivity index (χ2n) is 2.92. The lowest BCUT2D eigenvalue weighted by atomic mass is 9.99. The Morgan fingerprint density at radius 3 is 2.62 bits per heavy atom. The molecule has 1 nitrogen and oxygen atoms in total. The summed E-state index contributed by atoms with van der Waals surface area (Å²) in [6.07, 6.45) is -3.16. The maximum atomic E-state index is 12.3. The number of piperidine rings is 1. The van der Waals surface area contributed by atoms with Crippen LogP contribution in [-0.2, 0) is 0 Å². The first-order valence-electron chi connectivity index (χ1n) is 3.84. The number of thiol groups is 1. The summed E-state index contributed by atoms with van der Waals surface area (Å²) in [5.41, 5.74) is 0. The van der Waals surface area contributed by atoms with E-state index in [0.29, 0.717) is 6.42 Å². The highest BCUT2D eigenvalue weighted by Gasteiger charge is 2.41.